The van der Waals surface area contributed by atoms with Gasteiger partial charge in [0.05, 0.1) is 12.2 Å². The van der Waals surface area contributed by atoms with Gasteiger partial charge in [0, 0.05) is 19.3 Å². The highest BCUT2D eigenvalue weighted by molar-refractivity contribution is 5.18. The van der Waals surface area contributed by atoms with Crippen LogP contribution in [0.5, 0.6) is 0 Å². The monoisotopic (exact) mass is 235 g/mol. The van der Waals surface area contributed by atoms with E-state index in [0.29, 0.717) is 0 Å². The maximum absolute atomic E-state index is 6.13. The van der Waals surface area contributed by atoms with Gasteiger partial charge in [0.15, 0.2) is 0 Å². The van der Waals surface area contributed by atoms with Crippen molar-refractivity contribution in [3.63, 3.8) is 0 Å². The van der Waals surface area contributed by atoms with E-state index in [0.717, 1.165) is 31.6 Å². The zero-order valence-electron chi connectivity index (χ0n) is 10.3. The Balaban J connectivity index is 2.02. The molecule has 1 aliphatic rings. The molecule has 0 aromatic heterocycles. The minimum absolute atomic E-state index is 0.000227. The number of ether oxygens (including phenoxy) is 2. The Morgan fingerprint density at radius 2 is 1.88 bits per heavy atom. The molecule has 1 heterocycles. The molecular formula is C14H21NO2. The Morgan fingerprint density at radius 1 is 1.24 bits per heavy atom. The fraction of sp³-hybridized carbons (Fsp3) is 0.571. The molecule has 0 aliphatic carbocycles. The molecule has 17 heavy (non-hydrogen) atoms. The minimum Gasteiger partial charge on any atom is -0.381 e. The topological polar surface area (TPSA) is 44.5 Å². The molecule has 0 spiro atoms. The normalized spacial score (nSPS) is 21.1. The van der Waals surface area contributed by atoms with Crippen LogP contribution in [-0.2, 0) is 9.47 Å². The van der Waals surface area contributed by atoms with Gasteiger partial charge in [0.1, 0.15) is 0 Å². The molecule has 0 amide bonds. The van der Waals surface area contributed by atoms with Crippen LogP contribution < -0.4 is 5.73 Å². The molecule has 2 N–H and O–H groups in total. The standard InChI is InChI=1S/C14H21NO2/c1-11(15)14(12-5-3-2-4-6-12)17-13-7-9-16-10-8-13/h2-6,11,13-14H,7-10,15H2,1H3/t11-,14+/m0/s1. The molecule has 1 aromatic carbocycles. The predicted molar refractivity (Wildman–Crippen MR) is 67.8 cm³/mol. The first kappa shape index (κ1) is 12.6. The molecule has 3 heteroatoms. The molecule has 2 atom stereocenters. The molecule has 3 nitrogen and oxygen atoms in total. The van der Waals surface area contributed by atoms with E-state index in [1.165, 1.54) is 0 Å². The third-order valence-electron chi connectivity index (χ3n) is 3.11. The second-order valence-electron chi connectivity index (χ2n) is 4.64. The molecule has 1 aromatic rings. The van der Waals surface area contributed by atoms with E-state index >= 15 is 0 Å². The minimum atomic E-state index is -0.0145. The summed E-state index contributed by atoms with van der Waals surface area (Å²) in [6.07, 6.45) is 2.20. The molecule has 1 saturated heterocycles. The van der Waals surface area contributed by atoms with E-state index in [2.05, 4.69) is 12.1 Å². The van der Waals surface area contributed by atoms with Gasteiger partial charge in [-0.25, -0.2) is 0 Å². The van der Waals surface area contributed by atoms with Crippen LogP contribution in [0.25, 0.3) is 0 Å². The maximum Gasteiger partial charge on any atom is 0.0976 e. The first-order valence-electron chi connectivity index (χ1n) is 6.31. The molecule has 2 rings (SSSR count). The molecule has 0 saturated carbocycles. The fourth-order valence-corrected chi connectivity index (χ4v) is 2.17. The van der Waals surface area contributed by atoms with Crippen molar-refractivity contribution in [2.75, 3.05) is 13.2 Å². The number of hydrogen-bond donors (Lipinski definition) is 1. The predicted octanol–water partition coefficient (Wildman–Crippen LogP) is 2.27. The average Bonchev–Trinajstić information content (AvgIpc) is 2.38. The van der Waals surface area contributed by atoms with Crippen molar-refractivity contribution < 1.29 is 9.47 Å². The summed E-state index contributed by atoms with van der Waals surface area (Å²) in [5, 5.41) is 0. The summed E-state index contributed by atoms with van der Waals surface area (Å²) in [7, 11) is 0. The third kappa shape index (κ3) is 3.53. The van der Waals surface area contributed by atoms with Crippen molar-refractivity contribution >= 4 is 0 Å². The summed E-state index contributed by atoms with van der Waals surface area (Å²) in [4.78, 5) is 0. The van der Waals surface area contributed by atoms with Crippen LogP contribution >= 0.6 is 0 Å². The van der Waals surface area contributed by atoms with E-state index in [1.807, 2.05) is 25.1 Å². The van der Waals surface area contributed by atoms with Gasteiger partial charge in [-0.15, -0.1) is 0 Å². The van der Waals surface area contributed by atoms with Gasteiger partial charge in [0.25, 0.3) is 0 Å². The van der Waals surface area contributed by atoms with Crippen LogP contribution in [0.3, 0.4) is 0 Å². The Hall–Kier alpha value is -0.900. The highest BCUT2D eigenvalue weighted by Gasteiger charge is 2.23. The largest absolute Gasteiger partial charge is 0.381 e. The fourth-order valence-electron chi connectivity index (χ4n) is 2.17. The van der Waals surface area contributed by atoms with Gasteiger partial charge >= 0.3 is 0 Å². The van der Waals surface area contributed by atoms with Crippen molar-refractivity contribution in [1.82, 2.24) is 0 Å². The first-order chi connectivity index (χ1) is 8.27. The van der Waals surface area contributed by atoms with E-state index < -0.39 is 0 Å². The van der Waals surface area contributed by atoms with Gasteiger partial charge in [-0.3, -0.25) is 0 Å². The number of benzene rings is 1. The van der Waals surface area contributed by atoms with Gasteiger partial charge in [0.2, 0.25) is 0 Å². The van der Waals surface area contributed by atoms with Crippen LogP contribution in [0.4, 0.5) is 0 Å². The molecule has 0 unspecified atom stereocenters. The average molecular weight is 235 g/mol. The highest BCUT2D eigenvalue weighted by atomic mass is 16.5. The lowest BCUT2D eigenvalue weighted by atomic mass is 10.0. The Labute approximate surface area is 103 Å². The van der Waals surface area contributed by atoms with Gasteiger partial charge in [-0.1, -0.05) is 30.3 Å². The van der Waals surface area contributed by atoms with Gasteiger partial charge < -0.3 is 15.2 Å². The third-order valence-corrected chi connectivity index (χ3v) is 3.11. The molecule has 94 valence electrons. The Morgan fingerprint density at radius 3 is 2.47 bits per heavy atom. The summed E-state index contributed by atoms with van der Waals surface area (Å²) >= 11 is 0. The molecular weight excluding hydrogens is 214 g/mol. The van der Waals surface area contributed by atoms with E-state index in [-0.39, 0.29) is 18.2 Å². The second-order valence-corrected chi connectivity index (χ2v) is 4.64. The van der Waals surface area contributed by atoms with Crippen molar-refractivity contribution in [1.29, 1.82) is 0 Å². The number of nitrogens with two attached hydrogens (primary N) is 1. The van der Waals surface area contributed by atoms with Crippen LogP contribution in [0.1, 0.15) is 31.4 Å². The summed E-state index contributed by atoms with van der Waals surface area (Å²) in [6.45, 7) is 3.59. The van der Waals surface area contributed by atoms with Crippen LogP contribution in [-0.4, -0.2) is 25.4 Å². The van der Waals surface area contributed by atoms with Crippen molar-refractivity contribution in [2.45, 2.75) is 38.0 Å². The zero-order valence-corrected chi connectivity index (χ0v) is 10.3. The van der Waals surface area contributed by atoms with Crippen molar-refractivity contribution in [2.24, 2.45) is 5.73 Å². The van der Waals surface area contributed by atoms with Gasteiger partial charge in [-0.2, -0.15) is 0 Å². The maximum atomic E-state index is 6.13. The smallest absolute Gasteiger partial charge is 0.0976 e. The molecule has 1 fully saturated rings. The number of rotatable bonds is 4. The molecule has 0 bridgehead atoms. The number of hydrogen-bond acceptors (Lipinski definition) is 3. The Bertz CT molecular complexity index is 320. The second kappa shape index (κ2) is 6.15. The van der Waals surface area contributed by atoms with Crippen LogP contribution in [0, 0.1) is 0 Å². The Kier molecular flexibility index (Phi) is 4.54. The molecule has 1 aliphatic heterocycles. The lowest BCUT2D eigenvalue weighted by Crippen LogP contribution is -2.33. The lowest BCUT2D eigenvalue weighted by molar-refractivity contribution is -0.0758. The van der Waals surface area contributed by atoms with Crippen molar-refractivity contribution in [3.05, 3.63) is 35.9 Å². The van der Waals surface area contributed by atoms with Gasteiger partial charge in [-0.05, 0) is 25.3 Å². The first-order valence-corrected chi connectivity index (χ1v) is 6.31. The van der Waals surface area contributed by atoms with E-state index in [1.54, 1.807) is 0 Å². The quantitative estimate of drug-likeness (QED) is 0.870. The SMILES string of the molecule is C[C@H](N)[C@@H](OC1CCOCC1)c1ccccc1. The lowest BCUT2D eigenvalue weighted by Gasteiger charge is -2.30. The summed E-state index contributed by atoms with van der Waals surface area (Å²) in [5.74, 6) is 0. The highest BCUT2D eigenvalue weighted by Crippen LogP contribution is 2.25. The summed E-state index contributed by atoms with van der Waals surface area (Å²) < 4.78 is 11.5. The van der Waals surface area contributed by atoms with Crippen LogP contribution in [0.2, 0.25) is 0 Å². The molecule has 0 radical (unpaired) electrons. The summed E-state index contributed by atoms with van der Waals surface area (Å²) in [6, 6.07) is 10.2. The van der Waals surface area contributed by atoms with Crippen molar-refractivity contribution in [3.8, 4) is 0 Å². The van der Waals surface area contributed by atoms with Crippen LogP contribution in [0.15, 0.2) is 30.3 Å². The zero-order chi connectivity index (χ0) is 12.1. The summed E-state index contributed by atoms with van der Waals surface area (Å²) in [5.41, 5.74) is 7.19. The van der Waals surface area contributed by atoms with E-state index in [4.69, 9.17) is 15.2 Å². The van der Waals surface area contributed by atoms with E-state index in [9.17, 15) is 0 Å².